The predicted molar refractivity (Wildman–Crippen MR) is 81.4 cm³/mol. The van der Waals surface area contributed by atoms with Crippen molar-refractivity contribution >= 4 is 15.9 Å². The van der Waals surface area contributed by atoms with Gasteiger partial charge in [-0.25, -0.2) is 0 Å². The third-order valence-electron chi connectivity index (χ3n) is 4.91. The molecule has 0 heterocycles. The molecule has 0 bridgehead atoms. The monoisotopic (exact) mass is 309 g/mol. The van der Waals surface area contributed by atoms with Gasteiger partial charge in [-0.15, -0.1) is 0 Å². The van der Waals surface area contributed by atoms with Crippen LogP contribution < -0.4 is 5.73 Å². The Kier molecular flexibility index (Phi) is 4.18. The van der Waals surface area contributed by atoms with Crippen molar-refractivity contribution in [2.45, 2.75) is 45.6 Å². The van der Waals surface area contributed by atoms with Crippen molar-refractivity contribution in [3.05, 3.63) is 34.3 Å². The summed E-state index contributed by atoms with van der Waals surface area (Å²) in [6.07, 6.45) is 3.83. The first-order valence-electron chi connectivity index (χ1n) is 6.96. The highest BCUT2D eigenvalue weighted by molar-refractivity contribution is 9.10. The zero-order chi connectivity index (χ0) is 13.3. The van der Waals surface area contributed by atoms with Crippen molar-refractivity contribution in [3.8, 4) is 0 Å². The Balaban J connectivity index is 2.17. The van der Waals surface area contributed by atoms with Crippen LogP contribution in [0.1, 0.15) is 45.6 Å². The van der Waals surface area contributed by atoms with E-state index in [-0.39, 0.29) is 5.54 Å². The minimum absolute atomic E-state index is 0.199. The van der Waals surface area contributed by atoms with Crippen LogP contribution in [0.25, 0.3) is 0 Å². The lowest BCUT2D eigenvalue weighted by Gasteiger charge is -2.41. The first kappa shape index (κ1) is 14.1. The molecule has 1 aliphatic carbocycles. The van der Waals surface area contributed by atoms with Gasteiger partial charge in [0.05, 0.1) is 0 Å². The maximum atomic E-state index is 6.66. The van der Waals surface area contributed by atoms with Gasteiger partial charge in [-0.05, 0) is 55.2 Å². The lowest BCUT2D eigenvalue weighted by Crippen LogP contribution is -2.44. The molecule has 2 N–H and O–H groups in total. The molecule has 4 atom stereocenters. The van der Waals surface area contributed by atoms with E-state index < -0.39 is 0 Å². The first-order chi connectivity index (χ1) is 8.41. The van der Waals surface area contributed by atoms with Crippen LogP contribution in [0.15, 0.2) is 28.7 Å². The molecular formula is C16H24BrN. The van der Waals surface area contributed by atoms with Crippen LogP contribution in [0.3, 0.4) is 0 Å². The summed E-state index contributed by atoms with van der Waals surface area (Å²) in [4.78, 5) is 0. The van der Waals surface area contributed by atoms with Crippen LogP contribution in [0, 0.1) is 17.8 Å². The van der Waals surface area contributed by atoms with E-state index in [4.69, 9.17) is 5.73 Å². The Labute approximate surface area is 119 Å². The van der Waals surface area contributed by atoms with E-state index in [2.05, 4.69) is 61.0 Å². The van der Waals surface area contributed by atoms with Crippen molar-refractivity contribution in [2.24, 2.45) is 23.5 Å². The molecule has 1 aromatic rings. The van der Waals surface area contributed by atoms with Gasteiger partial charge in [0.25, 0.3) is 0 Å². The molecule has 1 saturated carbocycles. The van der Waals surface area contributed by atoms with Crippen LogP contribution in [0.5, 0.6) is 0 Å². The third-order valence-corrected chi connectivity index (χ3v) is 5.44. The summed E-state index contributed by atoms with van der Waals surface area (Å²) < 4.78 is 1.12. The van der Waals surface area contributed by atoms with Gasteiger partial charge >= 0.3 is 0 Å². The molecule has 0 aromatic heterocycles. The molecule has 0 aliphatic heterocycles. The first-order valence-corrected chi connectivity index (χ1v) is 7.75. The summed E-state index contributed by atoms with van der Waals surface area (Å²) in [7, 11) is 0. The molecule has 2 rings (SSSR count). The highest BCUT2D eigenvalue weighted by Crippen LogP contribution is 2.41. The molecule has 0 saturated heterocycles. The van der Waals surface area contributed by atoms with E-state index >= 15 is 0 Å². The van der Waals surface area contributed by atoms with E-state index in [0.29, 0.717) is 5.92 Å². The van der Waals surface area contributed by atoms with Gasteiger partial charge in [0, 0.05) is 10.0 Å². The summed E-state index contributed by atoms with van der Waals surface area (Å²) in [5.41, 5.74) is 7.72. The van der Waals surface area contributed by atoms with Gasteiger partial charge < -0.3 is 5.73 Å². The summed E-state index contributed by atoms with van der Waals surface area (Å²) in [6, 6.07) is 8.50. The standard InChI is InChI=1S/C16H24BrN/c1-11-4-5-14(10-12(11)2)16(3,18)13-6-8-15(17)9-7-13/h6-9,11-12,14H,4-5,10,18H2,1-3H3. The van der Waals surface area contributed by atoms with E-state index in [0.717, 1.165) is 16.3 Å². The number of halogens is 1. The predicted octanol–water partition coefficient (Wildman–Crippen LogP) is 4.70. The summed E-state index contributed by atoms with van der Waals surface area (Å²) in [5.74, 6) is 2.24. The summed E-state index contributed by atoms with van der Waals surface area (Å²) >= 11 is 3.48. The smallest absolute Gasteiger partial charge is 0.0409 e. The number of hydrogen-bond acceptors (Lipinski definition) is 1. The second-order valence-electron chi connectivity index (χ2n) is 6.25. The van der Waals surface area contributed by atoms with Gasteiger partial charge in [0.1, 0.15) is 0 Å². The van der Waals surface area contributed by atoms with Gasteiger partial charge in [-0.1, -0.05) is 48.3 Å². The lowest BCUT2D eigenvalue weighted by atomic mass is 9.67. The van der Waals surface area contributed by atoms with E-state index in [1.165, 1.54) is 24.8 Å². The lowest BCUT2D eigenvalue weighted by molar-refractivity contribution is 0.142. The molecule has 100 valence electrons. The van der Waals surface area contributed by atoms with Crippen molar-refractivity contribution in [1.82, 2.24) is 0 Å². The maximum absolute atomic E-state index is 6.66. The molecule has 18 heavy (non-hydrogen) atoms. The molecule has 0 radical (unpaired) electrons. The zero-order valence-corrected chi connectivity index (χ0v) is 13.2. The molecule has 0 amide bonds. The van der Waals surface area contributed by atoms with Crippen LogP contribution in [-0.2, 0) is 5.54 Å². The Hall–Kier alpha value is -0.340. The number of rotatable bonds is 2. The average molecular weight is 310 g/mol. The maximum Gasteiger partial charge on any atom is 0.0409 e. The number of nitrogens with two attached hydrogens (primary N) is 1. The minimum Gasteiger partial charge on any atom is -0.321 e. The number of benzene rings is 1. The normalized spacial score (nSPS) is 31.9. The van der Waals surface area contributed by atoms with Crippen LogP contribution >= 0.6 is 15.9 Å². The van der Waals surface area contributed by atoms with Crippen LogP contribution in [0.4, 0.5) is 0 Å². The van der Waals surface area contributed by atoms with Crippen molar-refractivity contribution in [3.63, 3.8) is 0 Å². The van der Waals surface area contributed by atoms with Crippen molar-refractivity contribution in [1.29, 1.82) is 0 Å². The fraction of sp³-hybridized carbons (Fsp3) is 0.625. The van der Waals surface area contributed by atoms with E-state index in [1.54, 1.807) is 0 Å². The Morgan fingerprint density at radius 1 is 1.11 bits per heavy atom. The Morgan fingerprint density at radius 3 is 2.28 bits per heavy atom. The Morgan fingerprint density at radius 2 is 1.72 bits per heavy atom. The second-order valence-corrected chi connectivity index (χ2v) is 7.17. The second kappa shape index (κ2) is 5.34. The molecule has 1 fully saturated rings. The molecule has 0 spiro atoms. The van der Waals surface area contributed by atoms with Crippen molar-refractivity contribution in [2.75, 3.05) is 0 Å². The van der Waals surface area contributed by atoms with Gasteiger partial charge in [-0.2, -0.15) is 0 Å². The van der Waals surface area contributed by atoms with Gasteiger partial charge in [0.15, 0.2) is 0 Å². The van der Waals surface area contributed by atoms with Crippen LogP contribution in [-0.4, -0.2) is 0 Å². The van der Waals surface area contributed by atoms with Gasteiger partial charge in [0.2, 0.25) is 0 Å². The van der Waals surface area contributed by atoms with E-state index in [9.17, 15) is 0 Å². The molecule has 1 aliphatic rings. The van der Waals surface area contributed by atoms with Gasteiger partial charge in [-0.3, -0.25) is 0 Å². The summed E-state index contributed by atoms with van der Waals surface area (Å²) in [6.45, 7) is 6.94. The molecule has 2 heteroatoms. The number of hydrogen-bond donors (Lipinski definition) is 1. The SMILES string of the molecule is CC1CCC(C(C)(N)c2ccc(Br)cc2)CC1C. The topological polar surface area (TPSA) is 26.0 Å². The quantitative estimate of drug-likeness (QED) is 0.842. The largest absolute Gasteiger partial charge is 0.321 e. The molecule has 1 nitrogen and oxygen atoms in total. The Bertz CT molecular complexity index is 396. The fourth-order valence-corrected chi connectivity index (χ4v) is 3.40. The molecular weight excluding hydrogens is 286 g/mol. The van der Waals surface area contributed by atoms with E-state index in [1.807, 2.05) is 0 Å². The average Bonchev–Trinajstić information content (AvgIpc) is 2.33. The molecule has 4 unspecified atom stereocenters. The zero-order valence-electron chi connectivity index (χ0n) is 11.6. The molecule has 1 aromatic carbocycles. The van der Waals surface area contributed by atoms with Crippen molar-refractivity contribution < 1.29 is 0 Å². The van der Waals surface area contributed by atoms with Crippen LogP contribution in [0.2, 0.25) is 0 Å². The highest BCUT2D eigenvalue weighted by Gasteiger charge is 2.36. The summed E-state index contributed by atoms with van der Waals surface area (Å²) in [5, 5.41) is 0. The fourth-order valence-electron chi connectivity index (χ4n) is 3.14. The third kappa shape index (κ3) is 2.80. The highest BCUT2D eigenvalue weighted by atomic mass is 79.9. The minimum atomic E-state index is -0.199.